The van der Waals surface area contributed by atoms with Crippen LogP contribution in [0.5, 0.6) is 0 Å². The standard InChI is InChI=1S/C12H14N2O/c1-10(9-11-5-4-8-15-11)14-12-6-2-3-7-13-12/h2-8,10H,9H2,1H3,(H,13,14). The third-order valence-electron chi connectivity index (χ3n) is 2.15. The van der Waals surface area contributed by atoms with Crippen molar-refractivity contribution in [2.75, 3.05) is 5.32 Å². The van der Waals surface area contributed by atoms with Gasteiger partial charge in [0.05, 0.1) is 6.26 Å². The molecule has 1 unspecified atom stereocenters. The Labute approximate surface area is 89.1 Å². The number of furan rings is 1. The van der Waals surface area contributed by atoms with Crippen molar-refractivity contribution in [1.82, 2.24) is 4.98 Å². The highest BCUT2D eigenvalue weighted by atomic mass is 16.3. The molecule has 1 N–H and O–H groups in total. The zero-order valence-electron chi connectivity index (χ0n) is 8.68. The van der Waals surface area contributed by atoms with Crippen molar-refractivity contribution >= 4 is 5.82 Å². The molecule has 0 aliphatic carbocycles. The highest BCUT2D eigenvalue weighted by Crippen LogP contribution is 2.08. The van der Waals surface area contributed by atoms with Crippen LogP contribution in [0.3, 0.4) is 0 Å². The molecule has 15 heavy (non-hydrogen) atoms. The van der Waals surface area contributed by atoms with Crippen molar-refractivity contribution in [1.29, 1.82) is 0 Å². The number of aromatic nitrogens is 1. The van der Waals surface area contributed by atoms with E-state index in [0.717, 1.165) is 18.0 Å². The number of pyridine rings is 1. The largest absolute Gasteiger partial charge is 0.469 e. The zero-order chi connectivity index (χ0) is 10.5. The molecule has 78 valence electrons. The summed E-state index contributed by atoms with van der Waals surface area (Å²) in [5.74, 6) is 1.89. The molecule has 0 aliphatic rings. The first kappa shape index (κ1) is 9.77. The van der Waals surface area contributed by atoms with Gasteiger partial charge in [0.2, 0.25) is 0 Å². The van der Waals surface area contributed by atoms with Crippen LogP contribution in [0.25, 0.3) is 0 Å². The molecule has 0 spiro atoms. The molecule has 0 saturated heterocycles. The summed E-state index contributed by atoms with van der Waals surface area (Å²) in [6.45, 7) is 2.11. The topological polar surface area (TPSA) is 38.1 Å². The zero-order valence-corrected chi connectivity index (χ0v) is 8.68. The van der Waals surface area contributed by atoms with Gasteiger partial charge in [-0.15, -0.1) is 0 Å². The summed E-state index contributed by atoms with van der Waals surface area (Å²) in [5.41, 5.74) is 0. The second-order valence-electron chi connectivity index (χ2n) is 3.54. The van der Waals surface area contributed by atoms with Crippen molar-refractivity contribution in [3.63, 3.8) is 0 Å². The minimum atomic E-state index is 0.311. The van der Waals surface area contributed by atoms with E-state index in [0.29, 0.717) is 6.04 Å². The number of anilines is 1. The summed E-state index contributed by atoms with van der Waals surface area (Å²) in [6, 6.07) is 10.0. The lowest BCUT2D eigenvalue weighted by Crippen LogP contribution is -2.18. The van der Waals surface area contributed by atoms with Crippen molar-refractivity contribution in [3.05, 3.63) is 48.6 Å². The number of rotatable bonds is 4. The lowest BCUT2D eigenvalue weighted by molar-refractivity contribution is 0.497. The van der Waals surface area contributed by atoms with Gasteiger partial charge in [0.25, 0.3) is 0 Å². The monoisotopic (exact) mass is 202 g/mol. The smallest absolute Gasteiger partial charge is 0.126 e. The lowest BCUT2D eigenvalue weighted by Gasteiger charge is -2.12. The van der Waals surface area contributed by atoms with Crippen LogP contribution < -0.4 is 5.32 Å². The summed E-state index contributed by atoms with van der Waals surface area (Å²) in [4.78, 5) is 4.21. The maximum absolute atomic E-state index is 5.28. The van der Waals surface area contributed by atoms with Gasteiger partial charge in [-0.2, -0.15) is 0 Å². The maximum Gasteiger partial charge on any atom is 0.126 e. The Bertz CT molecular complexity index is 383. The Balaban J connectivity index is 1.90. The fourth-order valence-corrected chi connectivity index (χ4v) is 1.48. The summed E-state index contributed by atoms with van der Waals surface area (Å²) in [6.07, 6.45) is 4.34. The van der Waals surface area contributed by atoms with Crippen LogP contribution in [0.4, 0.5) is 5.82 Å². The van der Waals surface area contributed by atoms with E-state index in [4.69, 9.17) is 4.42 Å². The molecule has 0 bridgehead atoms. The van der Waals surface area contributed by atoms with Crippen LogP contribution in [-0.4, -0.2) is 11.0 Å². The van der Waals surface area contributed by atoms with Crippen molar-refractivity contribution in [2.45, 2.75) is 19.4 Å². The van der Waals surface area contributed by atoms with E-state index in [9.17, 15) is 0 Å². The van der Waals surface area contributed by atoms with Gasteiger partial charge in [0.15, 0.2) is 0 Å². The van der Waals surface area contributed by atoms with Gasteiger partial charge >= 0.3 is 0 Å². The van der Waals surface area contributed by atoms with Crippen molar-refractivity contribution < 1.29 is 4.42 Å². The second-order valence-corrected chi connectivity index (χ2v) is 3.54. The third kappa shape index (κ3) is 2.84. The fourth-order valence-electron chi connectivity index (χ4n) is 1.48. The van der Waals surface area contributed by atoms with E-state index in [1.54, 1.807) is 12.5 Å². The van der Waals surface area contributed by atoms with Crippen LogP contribution in [0.2, 0.25) is 0 Å². The number of hydrogen-bond acceptors (Lipinski definition) is 3. The van der Waals surface area contributed by atoms with Crippen LogP contribution in [0, 0.1) is 0 Å². The predicted molar refractivity (Wildman–Crippen MR) is 59.7 cm³/mol. The molecule has 2 aromatic heterocycles. The normalized spacial score (nSPS) is 12.3. The van der Waals surface area contributed by atoms with Gasteiger partial charge in [-0.3, -0.25) is 0 Å². The van der Waals surface area contributed by atoms with Gasteiger partial charge in [0, 0.05) is 18.7 Å². The average Bonchev–Trinajstić information content (AvgIpc) is 2.71. The van der Waals surface area contributed by atoms with E-state index < -0.39 is 0 Å². The van der Waals surface area contributed by atoms with E-state index in [1.165, 1.54) is 0 Å². The molecule has 2 rings (SSSR count). The fraction of sp³-hybridized carbons (Fsp3) is 0.250. The highest BCUT2D eigenvalue weighted by Gasteiger charge is 2.05. The Morgan fingerprint density at radius 3 is 2.93 bits per heavy atom. The first-order valence-electron chi connectivity index (χ1n) is 5.04. The molecule has 0 aromatic carbocycles. The number of hydrogen-bond donors (Lipinski definition) is 1. The summed E-state index contributed by atoms with van der Waals surface area (Å²) >= 11 is 0. The Hall–Kier alpha value is -1.77. The summed E-state index contributed by atoms with van der Waals surface area (Å²) < 4.78 is 5.28. The minimum Gasteiger partial charge on any atom is -0.469 e. The predicted octanol–water partition coefficient (Wildman–Crippen LogP) is 2.72. The van der Waals surface area contributed by atoms with Crippen molar-refractivity contribution in [2.24, 2.45) is 0 Å². The number of nitrogens with zero attached hydrogens (tertiary/aromatic N) is 1. The van der Waals surface area contributed by atoms with Crippen molar-refractivity contribution in [3.8, 4) is 0 Å². The van der Waals surface area contributed by atoms with E-state index in [2.05, 4.69) is 17.2 Å². The first-order valence-corrected chi connectivity index (χ1v) is 5.04. The molecule has 3 nitrogen and oxygen atoms in total. The highest BCUT2D eigenvalue weighted by molar-refractivity contribution is 5.34. The Morgan fingerprint density at radius 1 is 1.33 bits per heavy atom. The molecule has 1 atom stereocenters. The van der Waals surface area contributed by atoms with Gasteiger partial charge in [-0.05, 0) is 31.2 Å². The van der Waals surface area contributed by atoms with Crippen LogP contribution >= 0.6 is 0 Å². The molecule has 0 amide bonds. The minimum absolute atomic E-state index is 0.311. The van der Waals surface area contributed by atoms with Crippen LogP contribution in [-0.2, 0) is 6.42 Å². The van der Waals surface area contributed by atoms with E-state index in [-0.39, 0.29) is 0 Å². The second kappa shape index (κ2) is 4.64. The molecule has 0 fully saturated rings. The van der Waals surface area contributed by atoms with Gasteiger partial charge in [0.1, 0.15) is 11.6 Å². The number of nitrogens with one attached hydrogen (secondary N) is 1. The lowest BCUT2D eigenvalue weighted by atomic mass is 10.2. The van der Waals surface area contributed by atoms with E-state index >= 15 is 0 Å². The molecule has 0 aliphatic heterocycles. The quantitative estimate of drug-likeness (QED) is 0.828. The summed E-state index contributed by atoms with van der Waals surface area (Å²) in [5, 5.41) is 3.31. The molecule has 0 radical (unpaired) electrons. The third-order valence-corrected chi connectivity index (χ3v) is 2.15. The molecular weight excluding hydrogens is 188 g/mol. The van der Waals surface area contributed by atoms with Crippen LogP contribution in [0.1, 0.15) is 12.7 Å². The SMILES string of the molecule is CC(Cc1ccco1)Nc1ccccn1. The molecular formula is C12H14N2O. The molecule has 3 heteroatoms. The Kier molecular flexibility index (Phi) is 3.02. The summed E-state index contributed by atoms with van der Waals surface area (Å²) in [7, 11) is 0. The first-order chi connectivity index (χ1) is 7.34. The van der Waals surface area contributed by atoms with Gasteiger partial charge < -0.3 is 9.73 Å². The molecule has 0 saturated carbocycles. The maximum atomic E-state index is 5.28. The molecule has 2 heterocycles. The van der Waals surface area contributed by atoms with E-state index in [1.807, 2.05) is 30.3 Å². The average molecular weight is 202 g/mol. The van der Waals surface area contributed by atoms with Gasteiger partial charge in [-0.1, -0.05) is 6.07 Å². The molecule has 2 aromatic rings. The Morgan fingerprint density at radius 2 is 2.27 bits per heavy atom. The van der Waals surface area contributed by atoms with Gasteiger partial charge in [-0.25, -0.2) is 4.98 Å². The van der Waals surface area contributed by atoms with Crippen LogP contribution in [0.15, 0.2) is 47.2 Å².